The van der Waals surface area contributed by atoms with Crippen LogP contribution in [-0.2, 0) is 0 Å². The van der Waals surface area contributed by atoms with Crippen LogP contribution in [0.2, 0.25) is 5.02 Å². The number of halogens is 1. The molecule has 0 bridgehead atoms. The SMILES string of the molecule is CCCCCN(C)c1ccc(Oc2ccc(C(N)=O)nc2)c(Cl)c1. The highest BCUT2D eigenvalue weighted by Crippen LogP contribution is 2.32. The van der Waals surface area contributed by atoms with Gasteiger partial charge in [0.2, 0.25) is 0 Å². The fourth-order valence-electron chi connectivity index (χ4n) is 2.25. The molecule has 0 aliphatic carbocycles. The number of benzene rings is 1. The van der Waals surface area contributed by atoms with Gasteiger partial charge in [0.25, 0.3) is 5.91 Å². The van der Waals surface area contributed by atoms with Crippen LogP contribution < -0.4 is 15.4 Å². The van der Waals surface area contributed by atoms with Crippen molar-refractivity contribution in [1.29, 1.82) is 0 Å². The molecule has 0 aliphatic heterocycles. The van der Waals surface area contributed by atoms with Crippen LogP contribution in [-0.4, -0.2) is 24.5 Å². The van der Waals surface area contributed by atoms with Crippen molar-refractivity contribution >= 4 is 23.2 Å². The Labute approximate surface area is 147 Å². The van der Waals surface area contributed by atoms with Crippen LogP contribution in [0.4, 0.5) is 5.69 Å². The van der Waals surface area contributed by atoms with Gasteiger partial charge in [-0.05, 0) is 36.8 Å². The van der Waals surface area contributed by atoms with E-state index in [2.05, 4.69) is 16.8 Å². The second-order valence-corrected chi connectivity index (χ2v) is 6.00. The maximum absolute atomic E-state index is 11.0. The molecular formula is C18H22ClN3O2. The molecule has 2 N–H and O–H groups in total. The second-order valence-electron chi connectivity index (χ2n) is 5.59. The zero-order valence-corrected chi connectivity index (χ0v) is 14.7. The van der Waals surface area contributed by atoms with E-state index >= 15 is 0 Å². The van der Waals surface area contributed by atoms with E-state index in [1.165, 1.54) is 25.1 Å². The molecule has 0 saturated carbocycles. The molecule has 1 amide bonds. The Bertz CT molecular complexity index is 689. The number of aromatic nitrogens is 1. The first-order valence-corrected chi connectivity index (χ1v) is 8.33. The highest BCUT2D eigenvalue weighted by Gasteiger charge is 2.08. The number of nitrogens with two attached hydrogens (primary N) is 1. The average molecular weight is 348 g/mol. The summed E-state index contributed by atoms with van der Waals surface area (Å²) in [5, 5.41) is 0.522. The summed E-state index contributed by atoms with van der Waals surface area (Å²) < 4.78 is 5.71. The lowest BCUT2D eigenvalue weighted by molar-refractivity contribution is 0.0995. The predicted octanol–water partition coefficient (Wildman–Crippen LogP) is 4.25. The van der Waals surface area contributed by atoms with Crippen LogP contribution in [0.5, 0.6) is 11.5 Å². The van der Waals surface area contributed by atoms with Gasteiger partial charge in [-0.3, -0.25) is 4.79 Å². The van der Waals surface area contributed by atoms with Crippen molar-refractivity contribution in [3.8, 4) is 11.5 Å². The lowest BCUT2D eigenvalue weighted by atomic mass is 10.2. The van der Waals surface area contributed by atoms with Crippen LogP contribution in [0.3, 0.4) is 0 Å². The maximum Gasteiger partial charge on any atom is 0.267 e. The van der Waals surface area contributed by atoms with E-state index in [1.807, 2.05) is 25.2 Å². The topological polar surface area (TPSA) is 68.5 Å². The Balaban J connectivity index is 2.05. The number of anilines is 1. The summed E-state index contributed by atoms with van der Waals surface area (Å²) in [7, 11) is 2.05. The summed E-state index contributed by atoms with van der Waals surface area (Å²) >= 11 is 6.32. The van der Waals surface area contributed by atoms with E-state index in [0.29, 0.717) is 16.5 Å². The van der Waals surface area contributed by atoms with E-state index in [9.17, 15) is 4.79 Å². The molecule has 2 rings (SSSR count). The first-order valence-electron chi connectivity index (χ1n) is 7.95. The van der Waals surface area contributed by atoms with E-state index in [4.69, 9.17) is 22.1 Å². The van der Waals surface area contributed by atoms with Gasteiger partial charge in [-0.15, -0.1) is 0 Å². The van der Waals surface area contributed by atoms with Crippen molar-refractivity contribution in [1.82, 2.24) is 4.98 Å². The fraction of sp³-hybridized carbons (Fsp3) is 0.333. The number of amides is 1. The van der Waals surface area contributed by atoms with Gasteiger partial charge >= 0.3 is 0 Å². The summed E-state index contributed by atoms with van der Waals surface area (Å²) in [4.78, 5) is 17.1. The molecule has 128 valence electrons. The zero-order chi connectivity index (χ0) is 17.5. The molecule has 24 heavy (non-hydrogen) atoms. The molecule has 0 saturated heterocycles. The minimum Gasteiger partial charge on any atom is -0.454 e. The number of carbonyl (C=O) groups excluding carboxylic acids is 1. The quantitative estimate of drug-likeness (QED) is 0.725. The van der Waals surface area contributed by atoms with Crippen LogP contribution in [0.15, 0.2) is 36.5 Å². The Morgan fingerprint density at radius 3 is 2.67 bits per heavy atom. The standard InChI is InChI=1S/C18H22ClN3O2/c1-3-4-5-10-22(2)13-6-9-17(15(19)11-13)24-14-7-8-16(18(20)23)21-12-14/h6-9,11-12H,3-5,10H2,1-2H3,(H2,20,23). The van der Waals surface area contributed by atoms with E-state index in [0.717, 1.165) is 18.7 Å². The van der Waals surface area contributed by atoms with Crippen LogP contribution in [0.1, 0.15) is 36.7 Å². The Morgan fingerprint density at radius 2 is 2.08 bits per heavy atom. The molecule has 1 aromatic heterocycles. The summed E-state index contributed by atoms with van der Waals surface area (Å²) in [6, 6.07) is 8.83. The number of primary amides is 1. The summed E-state index contributed by atoms with van der Waals surface area (Å²) in [5.74, 6) is 0.456. The summed E-state index contributed by atoms with van der Waals surface area (Å²) in [6.07, 6.45) is 5.01. The van der Waals surface area contributed by atoms with Crippen LogP contribution in [0.25, 0.3) is 0 Å². The number of hydrogen-bond acceptors (Lipinski definition) is 4. The predicted molar refractivity (Wildman–Crippen MR) is 97.1 cm³/mol. The molecule has 0 radical (unpaired) electrons. The molecular weight excluding hydrogens is 326 g/mol. The fourth-order valence-corrected chi connectivity index (χ4v) is 2.46. The molecule has 0 spiro atoms. The number of ether oxygens (including phenoxy) is 1. The second kappa shape index (κ2) is 8.55. The van der Waals surface area contributed by atoms with Gasteiger partial charge in [0.1, 0.15) is 17.2 Å². The third-order valence-electron chi connectivity index (χ3n) is 3.67. The Kier molecular flexibility index (Phi) is 6.44. The highest BCUT2D eigenvalue weighted by molar-refractivity contribution is 6.32. The van der Waals surface area contributed by atoms with Gasteiger partial charge < -0.3 is 15.4 Å². The minimum absolute atomic E-state index is 0.192. The van der Waals surface area contributed by atoms with E-state index in [-0.39, 0.29) is 5.69 Å². The molecule has 2 aromatic rings. The third-order valence-corrected chi connectivity index (χ3v) is 3.97. The number of rotatable bonds is 8. The van der Waals surface area contributed by atoms with E-state index in [1.54, 1.807) is 6.07 Å². The van der Waals surface area contributed by atoms with Crippen LogP contribution in [0, 0.1) is 0 Å². The Hall–Kier alpha value is -2.27. The number of unbranched alkanes of at least 4 members (excludes halogenated alkanes) is 2. The molecule has 1 heterocycles. The van der Waals surface area contributed by atoms with Crippen molar-refractivity contribution in [3.05, 3.63) is 47.2 Å². The van der Waals surface area contributed by atoms with Crippen LogP contribution >= 0.6 is 11.6 Å². The normalized spacial score (nSPS) is 10.5. The lowest BCUT2D eigenvalue weighted by Gasteiger charge is -2.20. The van der Waals surface area contributed by atoms with Gasteiger partial charge in [-0.2, -0.15) is 0 Å². The lowest BCUT2D eigenvalue weighted by Crippen LogP contribution is -2.18. The largest absolute Gasteiger partial charge is 0.454 e. The molecule has 0 unspecified atom stereocenters. The first kappa shape index (κ1) is 18.1. The maximum atomic E-state index is 11.0. The van der Waals surface area contributed by atoms with Gasteiger partial charge in [0.15, 0.2) is 0 Å². The van der Waals surface area contributed by atoms with Crippen molar-refractivity contribution < 1.29 is 9.53 Å². The monoisotopic (exact) mass is 347 g/mol. The first-order chi connectivity index (χ1) is 11.5. The van der Waals surface area contributed by atoms with Crippen molar-refractivity contribution in [2.24, 2.45) is 5.73 Å². The van der Waals surface area contributed by atoms with Gasteiger partial charge in [-0.1, -0.05) is 31.4 Å². The summed E-state index contributed by atoms with van der Waals surface area (Å²) in [6.45, 7) is 3.18. The van der Waals surface area contributed by atoms with E-state index < -0.39 is 5.91 Å². The highest BCUT2D eigenvalue weighted by atomic mass is 35.5. The average Bonchev–Trinajstić information content (AvgIpc) is 2.57. The van der Waals surface area contributed by atoms with Gasteiger partial charge in [-0.25, -0.2) is 4.98 Å². The van der Waals surface area contributed by atoms with Gasteiger partial charge in [0, 0.05) is 19.3 Å². The van der Waals surface area contributed by atoms with Gasteiger partial charge in [0.05, 0.1) is 11.2 Å². The zero-order valence-electron chi connectivity index (χ0n) is 14.0. The molecule has 0 fully saturated rings. The number of hydrogen-bond donors (Lipinski definition) is 1. The number of carbonyl (C=O) groups is 1. The summed E-state index contributed by atoms with van der Waals surface area (Å²) in [5.41, 5.74) is 6.40. The van der Waals surface area contributed by atoms with Crippen molar-refractivity contribution in [2.75, 3.05) is 18.5 Å². The van der Waals surface area contributed by atoms with Crippen molar-refractivity contribution in [2.45, 2.75) is 26.2 Å². The van der Waals surface area contributed by atoms with Crippen molar-refractivity contribution in [3.63, 3.8) is 0 Å². The minimum atomic E-state index is -0.574. The smallest absolute Gasteiger partial charge is 0.267 e. The molecule has 5 nitrogen and oxygen atoms in total. The molecule has 0 atom stereocenters. The molecule has 0 aliphatic rings. The molecule has 1 aromatic carbocycles. The molecule has 6 heteroatoms. The Morgan fingerprint density at radius 1 is 1.29 bits per heavy atom. The third kappa shape index (κ3) is 4.86. The number of pyridine rings is 1. The number of nitrogens with zero attached hydrogens (tertiary/aromatic N) is 2.